The molecule has 0 radical (unpaired) electrons. The van der Waals surface area contributed by atoms with Crippen molar-refractivity contribution in [2.24, 2.45) is 10.7 Å². The molecule has 144 valence electrons. The molecule has 28 heavy (non-hydrogen) atoms. The maximum Gasteiger partial charge on any atom is 0.269 e. The Labute approximate surface area is 166 Å². The van der Waals surface area contributed by atoms with Crippen LogP contribution < -0.4 is 11.1 Å². The molecule has 0 aliphatic carbocycles. The van der Waals surface area contributed by atoms with Crippen molar-refractivity contribution in [1.82, 2.24) is 0 Å². The Bertz CT molecular complexity index is 956. The summed E-state index contributed by atoms with van der Waals surface area (Å²) in [5.41, 5.74) is 7.86. The number of carbonyl (C=O) groups is 1. The third-order valence-corrected chi connectivity index (χ3v) is 5.27. The molecular weight excluding hydrogens is 376 g/mol. The van der Waals surface area contributed by atoms with Gasteiger partial charge < -0.3 is 11.1 Å². The lowest BCUT2D eigenvalue weighted by Crippen LogP contribution is -2.28. The molecule has 3 rings (SSSR count). The second kappa shape index (κ2) is 8.26. The summed E-state index contributed by atoms with van der Waals surface area (Å²) in [7, 11) is 0. The van der Waals surface area contributed by atoms with Crippen LogP contribution in [-0.2, 0) is 10.3 Å². The average molecular weight is 396 g/mol. The second-order valence-corrected chi connectivity index (χ2v) is 7.69. The molecule has 2 aromatic carbocycles. The molecule has 8 heteroatoms. The molecule has 1 unspecified atom stereocenters. The molecule has 7 nitrogen and oxygen atoms in total. The number of amidine groups is 1. The van der Waals surface area contributed by atoms with E-state index in [1.807, 2.05) is 31.2 Å². The lowest BCUT2D eigenvalue weighted by atomic mass is 9.89. The number of hydrogen-bond donors (Lipinski definition) is 2. The molecule has 0 bridgehead atoms. The smallest absolute Gasteiger partial charge is 0.269 e. The molecule has 1 heterocycles. The highest BCUT2D eigenvalue weighted by molar-refractivity contribution is 8.13. The van der Waals surface area contributed by atoms with Crippen LogP contribution in [0.15, 0.2) is 59.6 Å². The quantitative estimate of drug-likeness (QED) is 0.452. The molecule has 1 amide bonds. The molecule has 0 fully saturated rings. The molecule has 0 saturated carbocycles. The van der Waals surface area contributed by atoms with Gasteiger partial charge in [0.25, 0.3) is 5.69 Å². The number of aliphatic imine (C=N–C) groups is 1. The van der Waals surface area contributed by atoms with Gasteiger partial charge in [-0.3, -0.25) is 19.9 Å². The zero-order valence-electron chi connectivity index (χ0n) is 15.3. The van der Waals surface area contributed by atoms with Gasteiger partial charge in [0, 0.05) is 29.6 Å². The summed E-state index contributed by atoms with van der Waals surface area (Å²) in [5.74, 6) is 0.614. The number of non-ortho nitro benzene ring substituents is 1. The summed E-state index contributed by atoms with van der Waals surface area (Å²) in [6, 6.07) is 13.6. The first-order chi connectivity index (χ1) is 13.4. The fourth-order valence-electron chi connectivity index (χ4n) is 2.89. The van der Waals surface area contributed by atoms with Crippen LogP contribution in [0.5, 0.6) is 0 Å². The summed E-state index contributed by atoms with van der Waals surface area (Å²) >= 11 is 1.55. The van der Waals surface area contributed by atoms with Crippen molar-refractivity contribution in [3.63, 3.8) is 0 Å². The lowest BCUT2D eigenvalue weighted by molar-refractivity contribution is -0.384. The van der Waals surface area contributed by atoms with Crippen LogP contribution in [0.1, 0.15) is 24.5 Å². The largest absolute Gasteiger partial charge is 0.379 e. The minimum Gasteiger partial charge on any atom is -0.379 e. The zero-order chi connectivity index (χ0) is 20.1. The third kappa shape index (κ3) is 4.77. The first-order valence-electron chi connectivity index (χ1n) is 8.68. The highest BCUT2D eigenvalue weighted by Crippen LogP contribution is 2.35. The number of anilines is 1. The summed E-state index contributed by atoms with van der Waals surface area (Å²) in [6.45, 7) is 2.04. The number of nitrogens with two attached hydrogens (primary N) is 1. The molecule has 0 spiro atoms. The van der Waals surface area contributed by atoms with Crippen molar-refractivity contribution in [2.45, 2.75) is 18.9 Å². The SMILES string of the molecule is CC1(c2cccc(NC(=O)C=Cc3ccc([N+](=O)[O-])cc3)c2)CCSC(N)=N1. The fourth-order valence-corrected chi connectivity index (χ4v) is 3.86. The predicted octanol–water partition coefficient (Wildman–Crippen LogP) is 3.91. The van der Waals surface area contributed by atoms with Gasteiger partial charge in [-0.1, -0.05) is 23.9 Å². The van der Waals surface area contributed by atoms with Crippen molar-refractivity contribution in [3.05, 3.63) is 75.8 Å². The van der Waals surface area contributed by atoms with E-state index in [2.05, 4.69) is 10.3 Å². The van der Waals surface area contributed by atoms with E-state index < -0.39 is 10.5 Å². The van der Waals surface area contributed by atoms with E-state index in [0.29, 0.717) is 16.4 Å². The highest BCUT2D eigenvalue weighted by atomic mass is 32.2. The summed E-state index contributed by atoms with van der Waals surface area (Å²) < 4.78 is 0. The van der Waals surface area contributed by atoms with Crippen molar-refractivity contribution in [2.75, 3.05) is 11.1 Å². The number of hydrogen-bond acceptors (Lipinski definition) is 6. The molecule has 2 aromatic rings. The van der Waals surface area contributed by atoms with Gasteiger partial charge in [0.2, 0.25) is 5.91 Å². The molecule has 0 aromatic heterocycles. The number of amides is 1. The Morgan fingerprint density at radius 1 is 1.32 bits per heavy atom. The normalized spacial score (nSPS) is 19.2. The second-order valence-electron chi connectivity index (χ2n) is 6.57. The van der Waals surface area contributed by atoms with E-state index in [4.69, 9.17) is 5.73 Å². The number of nitro benzene ring substituents is 1. The van der Waals surface area contributed by atoms with Gasteiger partial charge in [0.1, 0.15) is 0 Å². The van der Waals surface area contributed by atoms with Crippen LogP contribution in [-0.4, -0.2) is 21.8 Å². The van der Waals surface area contributed by atoms with Crippen molar-refractivity contribution >= 4 is 40.3 Å². The maximum absolute atomic E-state index is 12.2. The monoisotopic (exact) mass is 396 g/mol. The number of nitro groups is 1. The number of carbonyl (C=O) groups excluding carboxylic acids is 1. The number of thioether (sulfide) groups is 1. The predicted molar refractivity (Wildman–Crippen MR) is 113 cm³/mol. The zero-order valence-corrected chi connectivity index (χ0v) is 16.1. The summed E-state index contributed by atoms with van der Waals surface area (Å²) in [4.78, 5) is 27.0. The van der Waals surface area contributed by atoms with Crippen molar-refractivity contribution in [3.8, 4) is 0 Å². The maximum atomic E-state index is 12.2. The Morgan fingerprint density at radius 2 is 2.07 bits per heavy atom. The van der Waals surface area contributed by atoms with Gasteiger partial charge in [0.15, 0.2) is 5.17 Å². The van der Waals surface area contributed by atoms with E-state index in [-0.39, 0.29) is 11.6 Å². The molecule has 1 aliphatic rings. The van der Waals surface area contributed by atoms with Crippen molar-refractivity contribution in [1.29, 1.82) is 0 Å². The first-order valence-corrected chi connectivity index (χ1v) is 9.66. The first kappa shape index (κ1) is 19.6. The van der Waals surface area contributed by atoms with Gasteiger partial charge in [-0.25, -0.2) is 0 Å². The third-order valence-electron chi connectivity index (χ3n) is 4.48. The fraction of sp³-hybridized carbons (Fsp3) is 0.200. The summed E-state index contributed by atoms with van der Waals surface area (Å²) in [6.07, 6.45) is 3.87. The minimum absolute atomic E-state index is 0.0105. The molecule has 3 N–H and O–H groups in total. The molecule has 1 aliphatic heterocycles. The molecular formula is C20H20N4O3S. The van der Waals surface area contributed by atoms with Gasteiger partial charge >= 0.3 is 0 Å². The van der Waals surface area contributed by atoms with Gasteiger partial charge in [-0.15, -0.1) is 0 Å². The van der Waals surface area contributed by atoms with E-state index >= 15 is 0 Å². The van der Waals surface area contributed by atoms with Gasteiger partial charge in [-0.2, -0.15) is 0 Å². The van der Waals surface area contributed by atoms with Crippen molar-refractivity contribution < 1.29 is 9.72 Å². The van der Waals surface area contributed by atoms with Crippen LogP contribution in [0, 0.1) is 10.1 Å². The Morgan fingerprint density at radius 3 is 2.75 bits per heavy atom. The number of rotatable bonds is 5. The number of nitrogens with one attached hydrogen (secondary N) is 1. The summed E-state index contributed by atoms with van der Waals surface area (Å²) in [5, 5.41) is 14.1. The van der Waals surface area contributed by atoms with Crippen LogP contribution in [0.25, 0.3) is 6.08 Å². The van der Waals surface area contributed by atoms with Gasteiger partial charge in [-0.05, 0) is 54.8 Å². The standard InChI is InChI=1S/C20H20N4O3S/c1-20(11-12-28-19(21)23-20)15-3-2-4-16(13-15)22-18(25)10-7-14-5-8-17(9-6-14)24(26)27/h2-10,13H,11-12H2,1H3,(H2,21,23)(H,22,25). The van der Waals surface area contributed by atoms with Crippen LogP contribution >= 0.6 is 11.8 Å². The lowest BCUT2D eigenvalue weighted by Gasteiger charge is -2.30. The highest BCUT2D eigenvalue weighted by Gasteiger charge is 2.29. The van der Waals surface area contributed by atoms with E-state index in [0.717, 1.165) is 17.7 Å². The minimum atomic E-state index is -0.462. The Kier molecular flexibility index (Phi) is 5.79. The molecule has 0 saturated heterocycles. The molecule has 1 atom stereocenters. The number of nitrogens with zero attached hydrogens (tertiary/aromatic N) is 2. The Balaban J connectivity index is 1.69. The topological polar surface area (TPSA) is 111 Å². The average Bonchev–Trinajstić information content (AvgIpc) is 2.67. The Hall–Kier alpha value is -3.13. The number of benzene rings is 2. The van der Waals surface area contributed by atoms with E-state index in [9.17, 15) is 14.9 Å². The van der Waals surface area contributed by atoms with Gasteiger partial charge in [0.05, 0.1) is 10.5 Å². The van der Waals surface area contributed by atoms with E-state index in [1.165, 1.54) is 18.2 Å². The van der Waals surface area contributed by atoms with Crippen LogP contribution in [0.2, 0.25) is 0 Å². The van der Waals surface area contributed by atoms with Crippen LogP contribution in [0.4, 0.5) is 11.4 Å². The van der Waals surface area contributed by atoms with E-state index in [1.54, 1.807) is 30.0 Å². The van der Waals surface area contributed by atoms with Crippen LogP contribution in [0.3, 0.4) is 0 Å².